The van der Waals surface area contributed by atoms with Gasteiger partial charge in [0.1, 0.15) is 0 Å². The minimum Gasteiger partial charge on any atom is -0.371 e. The van der Waals surface area contributed by atoms with E-state index in [-0.39, 0.29) is 5.91 Å². The van der Waals surface area contributed by atoms with Gasteiger partial charge in [-0.1, -0.05) is 36.4 Å². The number of nitrogens with zero attached hydrogens (tertiary/aromatic N) is 2. The van der Waals surface area contributed by atoms with E-state index in [0.29, 0.717) is 13.0 Å². The molecule has 2 aromatic rings. The number of carbonyl (C=O) groups excluding carboxylic acids is 1. The molecule has 1 amide bonds. The van der Waals surface area contributed by atoms with Gasteiger partial charge in [0.2, 0.25) is 5.91 Å². The van der Waals surface area contributed by atoms with Gasteiger partial charge in [0, 0.05) is 44.1 Å². The zero-order valence-corrected chi connectivity index (χ0v) is 17.4. The normalized spacial score (nSPS) is 17.2. The van der Waals surface area contributed by atoms with Crippen molar-refractivity contribution in [2.24, 2.45) is 0 Å². The number of piperidine rings is 2. The molecule has 0 atom stereocenters. The number of nitrogens with one attached hydrogen (secondary N) is 1. The first-order valence-corrected chi connectivity index (χ1v) is 11.2. The van der Waals surface area contributed by atoms with Crippen molar-refractivity contribution in [1.29, 1.82) is 0 Å². The fourth-order valence-electron chi connectivity index (χ4n) is 4.64. The van der Waals surface area contributed by atoms with Crippen LogP contribution >= 0.6 is 0 Å². The third kappa shape index (κ3) is 5.11. The maximum atomic E-state index is 12.8. The van der Waals surface area contributed by atoms with Gasteiger partial charge in [0.25, 0.3) is 0 Å². The monoisotopic (exact) mass is 391 g/mol. The summed E-state index contributed by atoms with van der Waals surface area (Å²) >= 11 is 0. The van der Waals surface area contributed by atoms with Crippen LogP contribution in [0.5, 0.6) is 0 Å². The van der Waals surface area contributed by atoms with E-state index in [0.717, 1.165) is 31.7 Å². The number of amides is 1. The van der Waals surface area contributed by atoms with E-state index in [2.05, 4.69) is 57.6 Å². The summed E-state index contributed by atoms with van der Waals surface area (Å²) < 4.78 is 0. The molecule has 2 fully saturated rings. The highest BCUT2D eigenvalue weighted by Crippen LogP contribution is 2.26. The Morgan fingerprint density at radius 1 is 0.690 bits per heavy atom. The second kappa shape index (κ2) is 9.82. The first kappa shape index (κ1) is 19.8. The summed E-state index contributed by atoms with van der Waals surface area (Å²) in [5, 5.41) is 3.17. The molecule has 2 saturated heterocycles. The molecule has 0 aliphatic carbocycles. The van der Waals surface area contributed by atoms with Crippen LogP contribution in [0.25, 0.3) is 0 Å². The smallest absolute Gasteiger partial charge is 0.224 e. The number of carbonyl (C=O) groups is 1. The van der Waals surface area contributed by atoms with E-state index in [9.17, 15) is 4.79 Å². The Morgan fingerprint density at radius 2 is 1.17 bits per heavy atom. The van der Waals surface area contributed by atoms with Crippen molar-refractivity contribution in [3.8, 4) is 0 Å². The Bertz CT molecular complexity index is 807. The average molecular weight is 392 g/mol. The van der Waals surface area contributed by atoms with Crippen LogP contribution in [-0.2, 0) is 17.8 Å². The fourth-order valence-corrected chi connectivity index (χ4v) is 4.64. The Hall–Kier alpha value is -2.49. The zero-order valence-electron chi connectivity index (χ0n) is 17.4. The highest BCUT2D eigenvalue weighted by atomic mass is 16.1. The highest BCUT2D eigenvalue weighted by molar-refractivity contribution is 5.80. The van der Waals surface area contributed by atoms with Gasteiger partial charge in [-0.2, -0.15) is 0 Å². The maximum absolute atomic E-state index is 12.8. The largest absolute Gasteiger partial charge is 0.371 e. The summed E-state index contributed by atoms with van der Waals surface area (Å²) in [6.07, 6.45) is 8.09. The molecule has 4 heteroatoms. The molecule has 0 radical (unpaired) electrons. The second-order valence-corrected chi connectivity index (χ2v) is 8.31. The van der Waals surface area contributed by atoms with E-state index in [4.69, 9.17) is 0 Å². The predicted molar refractivity (Wildman–Crippen MR) is 121 cm³/mol. The number of para-hydroxylation sites is 2. The molecule has 1 N–H and O–H groups in total. The molecule has 4 rings (SSSR count). The molecular formula is C25H33N3O. The first-order chi connectivity index (χ1) is 14.3. The predicted octanol–water partition coefficient (Wildman–Crippen LogP) is 4.53. The summed E-state index contributed by atoms with van der Waals surface area (Å²) in [6, 6.07) is 16.9. The van der Waals surface area contributed by atoms with Crippen molar-refractivity contribution in [2.75, 3.05) is 36.0 Å². The lowest BCUT2D eigenvalue weighted by Crippen LogP contribution is -2.32. The van der Waals surface area contributed by atoms with Gasteiger partial charge in [-0.15, -0.1) is 0 Å². The maximum Gasteiger partial charge on any atom is 0.224 e. The molecule has 0 aromatic heterocycles. The summed E-state index contributed by atoms with van der Waals surface area (Å²) in [5.41, 5.74) is 4.86. The lowest BCUT2D eigenvalue weighted by molar-refractivity contribution is -0.120. The fraction of sp³-hybridized carbons (Fsp3) is 0.480. The molecule has 0 bridgehead atoms. The van der Waals surface area contributed by atoms with Crippen LogP contribution in [0.2, 0.25) is 0 Å². The third-order valence-corrected chi connectivity index (χ3v) is 6.20. The minimum atomic E-state index is 0.0999. The topological polar surface area (TPSA) is 35.6 Å². The van der Waals surface area contributed by atoms with Crippen molar-refractivity contribution >= 4 is 17.3 Å². The van der Waals surface area contributed by atoms with Gasteiger partial charge >= 0.3 is 0 Å². The van der Waals surface area contributed by atoms with Crippen LogP contribution in [0.3, 0.4) is 0 Å². The van der Waals surface area contributed by atoms with Gasteiger partial charge in [-0.05, 0) is 61.8 Å². The quantitative estimate of drug-likeness (QED) is 0.786. The Labute approximate surface area is 174 Å². The number of hydrogen-bond acceptors (Lipinski definition) is 3. The lowest BCUT2D eigenvalue weighted by Gasteiger charge is -2.31. The van der Waals surface area contributed by atoms with Crippen molar-refractivity contribution in [2.45, 2.75) is 51.5 Å². The molecule has 2 aliphatic heterocycles. The van der Waals surface area contributed by atoms with Crippen molar-refractivity contribution in [3.63, 3.8) is 0 Å². The van der Waals surface area contributed by atoms with Crippen LogP contribution in [0.15, 0.2) is 48.5 Å². The number of hydrogen-bond donors (Lipinski definition) is 1. The van der Waals surface area contributed by atoms with E-state index in [1.54, 1.807) is 0 Å². The molecule has 2 heterocycles. The van der Waals surface area contributed by atoms with Crippen molar-refractivity contribution in [3.05, 3.63) is 59.7 Å². The summed E-state index contributed by atoms with van der Waals surface area (Å²) in [4.78, 5) is 17.7. The van der Waals surface area contributed by atoms with Crippen LogP contribution in [0.4, 0.5) is 11.4 Å². The SMILES string of the molecule is O=C(Cc1ccccc1N1CCCCC1)NCc1ccccc1N1CCCCC1. The van der Waals surface area contributed by atoms with E-state index < -0.39 is 0 Å². The molecule has 29 heavy (non-hydrogen) atoms. The summed E-state index contributed by atoms with van der Waals surface area (Å²) in [5.74, 6) is 0.0999. The Morgan fingerprint density at radius 3 is 1.76 bits per heavy atom. The van der Waals surface area contributed by atoms with Gasteiger partial charge in [0.05, 0.1) is 6.42 Å². The number of anilines is 2. The Balaban J connectivity index is 1.39. The second-order valence-electron chi connectivity index (χ2n) is 8.31. The van der Waals surface area contributed by atoms with Crippen LogP contribution in [-0.4, -0.2) is 32.1 Å². The Kier molecular flexibility index (Phi) is 6.71. The molecule has 4 nitrogen and oxygen atoms in total. The lowest BCUT2D eigenvalue weighted by atomic mass is 10.0. The van der Waals surface area contributed by atoms with Gasteiger partial charge < -0.3 is 15.1 Å². The first-order valence-electron chi connectivity index (χ1n) is 11.2. The average Bonchev–Trinajstić information content (AvgIpc) is 2.79. The van der Waals surface area contributed by atoms with Crippen molar-refractivity contribution in [1.82, 2.24) is 5.32 Å². The molecule has 0 saturated carbocycles. The van der Waals surface area contributed by atoms with Crippen LogP contribution in [0, 0.1) is 0 Å². The van der Waals surface area contributed by atoms with E-state index >= 15 is 0 Å². The molecule has 154 valence electrons. The van der Waals surface area contributed by atoms with E-state index in [1.807, 2.05) is 6.07 Å². The number of benzene rings is 2. The third-order valence-electron chi connectivity index (χ3n) is 6.20. The van der Waals surface area contributed by atoms with E-state index in [1.165, 1.54) is 55.5 Å². The minimum absolute atomic E-state index is 0.0999. The zero-order chi connectivity index (χ0) is 19.9. The van der Waals surface area contributed by atoms with Gasteiger partial charge in [0.15, 0.2) is 0 Å². The van der Waals surface area contributed by atoms with Gasteiger partial charge in [-0.25, -0.2) is 0 Å². The van der Waals surface area contributed by atoms with Gasteiger partial charge in [-0.3, -0.25) is 4.79 Å². The molecule has 2 aromatic carbocycles. The molecular weight excluding hydrogens is 358 g/mol. The highest BCUT2D eigenvalue weighted by Gasteiger charge is 2.17. The molecule has 0 spiro atoms. The summed E-state index contributed by atoms with van der Waals surface area (Å²) in [6.45, 7) is 5.03. The molecule has 2 aliphatic rings. The standard InChI is InChI=1S/C25H33N3O/c29-25(19-21-11-3-5-13-23(21)27-15-7-1-8-16-27)26-20-22-12-4-6-14-24(22)28-17-9-2-10-18-28/h3-6,11-14H,1-2,7-10,15-20H2,(H,26,29). The summed E-state index contributed by atoms with van der Waals surface area (Å²) in [7, 11) is 0. The number of rotatable bonds is 6. The molecule has 0 unspecified atom stereocenters. The van der Waals surface area contributed by atoms with Crippen molar-refractivity contribution < 1.29 is 4.79 Å². The van der Waals surface area contributed by atoms with Crippen LogP contribution in [0.1, 0.15) is 49.7 Å². The van der Waals surface area contributed by atoms with Crippen LogP contribution < -0.4 is 15.1 Å².